The van der Waals surface area contributed by atoms with Gasteiger partial charge in [0.1, 0.15) is 0 Å². The molecule has 3 aromatic rings. The lowest BCUT2D eigenvalue weighted by atomic mass is 10.1. The largest absolute Gasteiger partial charge is 0.338 e. The van der Waals surface area contributed by atoms with E-state index in [-0.39, 0.29) is 11.8 Å². The number of rotatable bonds is 4. The number of pyridine rings is 1. The molecule has 1 atom stereocenters. The maximum atomic E-state index is 12.3. The Bertz CT molecular complexity index is 832. The van der Waals surface area contributed by atoms with Crippen LogP contribution in [0.25, 0.3) is 11.5 Å². The Morgan fingerprint density at radius 2 is 1.92 bits per heavy atom. The molecule has 0 N–H and O–H groups in total. The monoisotopic (exact) mass is 320 g/mol. The van der Waals surface area contributed by atoms with E-state index in [1.165, 1.54) is 0 Å². The highest BCUT2D eigenvalue weighted by molar-refractivity contribution is 5.79. The van der Waals surface area contributed by atoms with Crippen molar-refractivity contribution < 1.29 is 9.32 Å². The molecule has 4 rings (SSSR count). The van der Waals surface area contributed by atoms with Crippen molar-refractivity contribution in [2.75, 3.05) is 6.54 Å². The average molecular weight is 320 g/mol. The molecule has 2 aromatic heterocycles. The summed E-state index contributed by atoms with van der Waals surface area (Å²) in [7, 11) is 0. The van der Waals surface area contributed by atoms with Crippen molar-refractivity contribution in [3.8, 4) is 11.5 Å². The third-order valence-corrected chi connectivity index (χ3v) is 4.16. The van der Waals surface area contributed by atoms with Gasteiger partial charge >= 0.3 is 0 Å². The van der Waals surface area contributed by atoms with E-state index in [1.807, 2.05) is 47.4 Å². The molecule has 6 heteroatoms. The second-order valence-corrected chi connectivity index (χ2v) is 5.85. The normalized spacial score (nSPS) is 17.4. The third kappa shape index (κ3) is 2.90. The lowest BCUT2D eigenvalue weighted by Gasteiger charge is -2.15. The zero-order chi connectivity index (χ0) is 16.4. The van der Waals surface area contributed by atoms with Crippen LogP contribution in [0.3, 0.4) is 0 Å². The molecule has 6 nitrogen and oxygen atoms in total. The Morgan fingerprint density at radius 3 is 2.71 bits per heavy atom. The molecule has 120 valence electrons. The standard InChI is InChI=1S/C18H16N4O2/c23-16-10-15(12-22(16)11-13-4-2-1-3-5-13)17-20-18(24-21-17)14-6-8-19-9-7-14/h1-9,15H,10-12H2/t15-/m0/s1. The molecule has 0 aliphatic carbocycles. The van der Waals surface area contributed by atoms with Crippen LogP contribution < -0.4 is 0 Å². The highest BCUT2D eigenvalue weighted by Gasteiger charge is 2.33. The van der Waals surface area contributed by atoms with Gasteiger partial charge in [0.2, 0.25) is 5.91 Å². The van der Waals surface area contributed by atoms with Crippen molar-refractivity contribution in [1.82, 2.24) is 20.0 Å². The molecule has 0 radical (unpaired) electrons. The van der Waals surface area contributed by atoms with Gasteiger partial charge in [0.15, 0.2) is 5.82 Å². The molecule has 0 bridgehead atoms. The van der Waals surface area contributed by atoms with Gasteiger partial charge in [-0.15, -0.1) is 0 Å². The van der Waals surface area contributed by atoms with Gasteiger partial charge in [-0.3, -0.25) is 9.78 Å². The first kappa shape index (κ1) is 14.6. The van der Waals surface area contributed by atoms with Crippen LogP contribution in [0.5, 0.6) is 0 Å². The third-order valence-electron chi connectivity index (χ3n) is 4.16. The van der Waals surface area contributed by atoms with Gasteiger partial charge in [-0.25, -0.2) is 0 Å². The topological polar surface area (TPSA) is 72.1 Å². The summed E-state index contributed by atoms with van der Waals surface area (Å²) in [6.07, 6.45) is 3.78. The molecule has 1 aromatic carbocycles. The first-order valence-electron chi connectivity index (χ1n) is 7.85. The van der Waals surface area contributed by atoms with Crippen LogP contribution in [-0.4, -0.2) is 32.5 Å². The van der Waals surface area contributed by atoms with Crippen LogP contribution in [0.15, 0.2) is 59.4 Å². The zero-order valence-corrected chi connectivity index (χ0v) is 13.0. The molecule has 0 unspecified atom stereocenters. The predicted octanol–water partition coefficient (Wildman–Crippen LogP) is 2.65. The molecular formula is C18H16N4O2. The Hall–Kier alpha value is -3.02. The van der Waals surface area contributed by atoms with Crippen molar-refractivity contribution in [2.45, 2.75) is 18.9 Å². The van der Waals surface area contributed by atoms with Crippen LogP contribution in [0.2, 0.25) is 0 Å². The quantitative estimate of drug-likeness (QED) is 0.739. The van der Waals surface area contributed by atoms with E-state index < -0.39 is 0 Å². The van der Waals surface area contributed by atoms with Gasteiger partial charge in [-0.1, -0.05) is 35.5 Å². The number of hydrogen-bond donors (Lipinski definition) is 0. The fraction of sp³-hybridized carbons (Fsp3) is 0.222. The molecule has 1 aliphatic rings. The van der Waals surface area contributed by atoms with Crippen molar-refractivity contribution in [3.63, 3.8) is 0 Å². The minimum absolute atomic E-state index is 0.0273. The van der Waals surface area contributed by atoms with E-state index in [4.69, 9.17) is 4.52 Å². The number of aromatic nitrogens is 3. The fourth-order valence-corrected chi connectivity index (χ4v) is 2.91. The molecular weight excluding hydrogens is 304 g/mol. The summed E-state index contributed by atoms with van der Waals surface area (Å²) in [6.45, 7) is 1.23. The summed E-state index contributed by atoms with van der Waals surface area (Å²) in [4.78, 5) is 22.5. The summed E-state index contributed by atoms with van der Waals surface area (Å²) in [5, 5.41) is 4.07. The number of carbonyl (C=O) groups is 1. The summed E-state index contributed by atoms with van der Waals surface area (Å²) < 4.78 is 5.33. The molecule has 0 spiro atoms. The van der Waals surface area contributed by atoms with E-state index in [0.717, 1.165) is 11.1 Å². The number of benzene rings is 1. The Kier molecular flexibility index (Phi) is 3.78. The van der Waals surface area contributed by atoms with Gasteiger partial charge in [0.25, 0.3) is 5.89 Å². The van der Waals surface area contributed by atoms with Gasteiger partial charge in [0, 0.05) is 43.4 Å². The Morgan fingerprint density at radius 1 is 1.12 bits per heavy atom. The maximum Gasteiger partial charge on any atom is 0.258 e. The lowest BCUT2D eigenvalue weighted by molar-refractivity contribution is -0.128. The summed E-state index contributed by atoms with van der Waals surface area (Å²) >= 11 is 0. The Labute approximate surface area is 139 Å². The molecule has 0 saturated carbocycles. The fourth-order valence-electron chi connectivity index (χ4n) is 2.91. The molecule has 3 heterocycles. The highest BCUT2D eigenvalue weighted by Crippen LogP contribution is 2.29. The van der Waals surface area contributed by atoms with E-state index in [9.17, 15) is 4.79 Å². The molecule has 24 heavy (non-hydrogen) atoms. The summed E-state index contributed by atoms with van der Waals surface area (Å²) in [6, 6.07) is 13.6. The van der Waals surface area contributed by atoms with Crippen LogP contribution in [0, 0.1) is 0 Å². The highest BCUT2D eigenvalue weighted by atomic mass is 16.5. The first-order valence-corrected chi connectivity index (χ1v) is 7.85. The SMILES string of the molecule is O=C1C[C@H](c2noc(-c3ccncc3)n2)CN1Cc1ccccc1. The number of amides is 1. The molecule has 1 saturated heterocycles. The minimum Gasteiger partial charge on any atom is -0.338 e. The maximum absolute atomic E-state index is 12.3. The van der Waals surface area contributed by atoms with E-state index in [2.05, 4.69) is 15.1 Å². The lowest BCUT2D eigenvalue weighted by Crippen LogP contribution is -2.24. The van der Waals surface area contributed by atoms with E-state index in [0.29, 0.717) is 31.2 Å². The van der Waals surface area contributed by atoms with Gasteiger partial charge in [-0.2, -0.15) is 4.98 Å². The number of carbonyl (C=O) groups excluding carboxylic acids is 1. The van der Waals surface area contributed by atoms with Crippen LogP contribution in [0.1, 0.15) is 23.7 Å². The van der Waals surface area contributed by atoms with Crippen molar-refractivity contribution in [1.29, 1.82) is 0 Å². The molecule has 1 fully saturated rings. The van der Waals surface area contributed by atoms with Crippen LogP contribution >= 0.6 is 0 Å². The summed E-state index contributed by atoms with van der Waals surface area (Å²) in [5.41, 5.74) is 1.95. The second kappa shape index (κ2) is 6.23. The van der Waals surface area contributed by atoms with E-state index in [1.54, 1.807) is 12.4 Å². The van der Waals surface area contributed by atoms with Crippen molar-refractivity contribution >= 4 is 5.91 Å². The number of hydrogen-bond acceptors (Lipinski definition) is 5. The van der Waals surface area contributed by atoms with Crippen LogP contribution in [0.4, 0.5) is 0 Å². The van der Waals surface area contributed by atoms with Crippen molar-refractivity contribution in [3.05, 3.63) is 66.2 Å². The summed E-state index contributed by atoms with van der Waals surface area (Å²) in [5.74, 6) is 1.15. The minimum atomic E-state index is -0.0273. The van der Waals surface area contributed by atoms with Gasteiger partial charge < -0.3 is 9.42 Å². The first-order chi connectivity index (χ1) is 11.8. The average Bonchev–Trinajstić information content (AvgIpc) is 3.24. The Balaban J connectivity index is 1.48. The smallest absolute Gasteiger partial charge is 0.258 e. The van der Waals surface area contributed by atoms with Gasteiger partial charge in [0.05, 0.1) is 0 Å². The number of nitrogens with zero attached hydrogens (tertiary/aromatic N) is 4. The molecule has 1 aliphatic heterocycles. The van der Waals surface area contributed by atoms with Crippen LogP contribution in [-0.2, 0) is 11.3 Å². The molecule has 1 amide bonds. The second-order valence-electron chi connectivity index (χ2n) is 5.85. The van der Waals surface area contributed by atoms with E-state index >= 15 is 0 Å². The number of likely N-dealkylation sites (tertiary alicyclic amines) is 1. The predicted molar refractivity (Wildman–Crippen MR) is 86.7 cm³/mol. The van der Waals surface area contributed by atoms with Crippen molar-refractivity contribution in [2.24, 2.45) is 0 Å². The van der Waals surface area contributed by atoms with Gasteiger partial charge in [-0.05, 0) is 17.7 Å². The zero-order valence-electron chi connectivity index (χ0n) is 13.0.